The van der Waals surface area contributed by atoms with Crippen molar-refractivity contribution >= 4 is 12.3 Å². The van der Waals surface area contributed by atoms with E-state index in [1.165, 1.54) is 11.1 Å². The molecule has 0 saturated carbocycles. The van der Waals surface area contributed by atoms with Crippen molar-refractivity contribution in [3.63, 3.8) is 0 Å². The number of hydrogen-bond acceptors (Lipinski definition) is 4. The van der Waals surface area contributed by atoms with Crippen molar-refractivity contribution in [1.29, 1.82) is 5.41 Å². The molecule has 1 aliphatic heterocycles. The predicted octanol–water partition coefficient (Wildman–Crippen LogP) is 3.79. The van der Waals surface area contributed by atoms with Gasteiger partial charge in [0.1, 0.15) is 18.0 Å². The summed E-state index contributed by atoms with van der Waals surface area (Å²) in [5, 5.41) is 6.96. The summed E-state index contributed by atoms with van der Waals surface area (Å²) in [6, 6.07) is 15.9. The molecule has 0 spiro atoms. The molecule has 0 amide bonds. The van der Waals surface area contributed by atoms with Crippen LogP contribution in [0.2, 0.25) is 0 Å². The smallest absolute Gasteiger partial charge is 0.212 e. The van der Waals surface area contributed by atoms with E-state index in [2.05, 4.69) is 31.0 Å². The monoisotopic (exact) mass is 294 g/mol. The van der Waals surface area contributed by atoms with Crippen LogP contribution in [0.15, 0.2) is 53.5 Å². The lowest BCUT2D eigenvalue weighted by Gasteiger charge is -2.26. The van der Waals surface area contributed by atoms with Crippen molar-refractivity contribution in [2.24, 2.45) is 4.99 Å². The van der Waals surface area contributed by atoms with Crippen LogP contribution < -0.4 is 9.47 Å². The molecule has 1 heterocycles. The maximum atomic E-state index is 6.96. The number of benzene rings is 2. The van der Waals surface area contributed by atoms with Gasteiger partial charge in [-0.15, -0.1) is 0 Å². The number of aliphatic imine (C=N–C) groups is 1. The van der Waals surface area contributed by atoms with Crippen molar-refractivity contribution in [3.8, 4) is 11.5 Å². The summed E-state index contributed by atoms with van der Waals surface area (Å²) in [5.41, 5.74) is 2.27. The van der Waals surface area contributed by atoms with Crippen LogP contribution in [0.3, 0.4) is 0 Å². The molecule has 2 aromatic carbocycles. The summed E-state index contributed by atoms with van der Waals surface area (Å²) in [7, 11) is 0. The Labute approximate surface area is 129 Å². The molecule has 0 unspecified atom stereocenters. The van der Waals surface area contributed by atoms with E-state index < -0.39 is 0 Å². The summed E-state index contributed by atoms with van der Waals surface area (Å²) in [6.07, 6.45) is 0.934. The Kier molecular flexibility index (Phi) is 3.67. The van der Waals surface area contributed by atoms with Gasteiger partial charge in [0.2, 0.25) is 5.90 Å². The third kappa shape index (κ3) is 3.01. The fourth-order valence-corrected chi connectivity index (χ4v) is 2.36. The minimum Gasteiger partial charge on any atom is -0.446 e. The predicted molar refractivity (Wildman–Crippen MR) is 87.4 cm³/mol. The molecule has 1 N–H and O–H groups in total. The summed E-state index contributed by atoms with van der Waals surface area (Å²) in [5.74, 6) is 2.29. The largest absolute Gasteiger partial charge is 0.446 e. The van der Waals surface area contributed by atoms with Crippen LogP contribution in [0.25, 0.3) is 0 Å². The van der Waals surface area contributed by atoms with Crippen LogP contribution in [0.1, 0.15) is 25.0 Å². The van der Waals surface area contributed by atoms with Gasteiger partial charge in [-0.1, -0.05) is 38.1 Å². The molecule has 0 aliphatic carbocycles. The van der Waals surface area contributed by atoms with Crippen molar-refractivity contribution < 1.29 is 9.47 Å². The summed E-state index contributed by atoms with van der Waals surface area (Å²) in [4.78, 5) is 4.01. The van der Waals surface area contributed by atoms with E-state index in [1.54, 1.807) is 0 Å². The molecule has 0 saturated heterocycles. The normalized spacial score (nSPS) is 13.3. The first-order valence-corrected chi connectivity index (χ1v) is 7.17. The minimum atomic E-state index is -0.126. The minimum absolute atomic E-state index is 0.126. The maximum absolute atomic E-state index is 6.96. The third-order valence-corrected chi connectivity index (χ3v) is 3.87. The van der Waals surface area contributed by atoms with Crippen LogP contribution in [0.4, 0.5) is 0 Å². The number of nitrogens with one attached hydrogen (secondary N) is 1. The van der Waals surface area contributed by atoms with Gasteiger partial charge in [-0.25, -0.2) is 4.99 Å². The zero-order valence-electron chi connectivity index (χ0n) is 12.7. The molecule has 0 bridgehead atoms. The SMILES string of the molecule is CC(C)(c1ccc(OC=N)cc1)c1ccc(OC2=NC2)cc1. The fraction of sp³-hybridized carbons (Fsp3) is 0.222. The molecule has 1 aliphatic rings. The number of hydrogen-bond donors (Lipinski definition) is 1. The highest BCUT2D eigenvalue weighted by atomic mass is 16.5. The van der Waals surface area contributed by atoms with Gasteiger partial charge in [0.25, 0.3) is 0 Å². The molecule has 3 rings (SSSR count). The fourth-order valence-electron chi connectivity index (χ4n) is 2.36. The lowest BCUT2D eigenvalue weighted by atomic mass is 9.78. The van der Waals surface area contributed by atoms with E-state index >= 15 is 0 Å². The average Bonchev–Trinajstić information content (AvgIpc) is 3.33. The van der Waals surface area contributed by atoms with Crippen molar-refractivity contribution in [2.45, 2.75) is 19.3 Å². The average molecular weight is 294 g/mol. The van der Waals surface area contributed by atoms with Crippen LogP contribution in [-0.2, 0) is 5.41 Å². The molecule has 0 aromatic heterocycles. The lowest BCUT2D eigenvalue weighted by molar-refractivity contribution is 0.562. The van der Waals surface area contributed by atoms with E-state index in [4.69, 9.17) is 14.9 Å². The highest BCUT2D eigenvalue weighted by molar-refractivity contribution is 5.91. The summed E-state index contributed by atoms with van der Waals surface area (Å²) < 4.78 is 10.6. The Balaban J connectivity index is 1.80. The Hall–Kier alpha value is -2.62. The van der Waals surface area contributed by atoms with Gasteiger partial charge in [-0.2, -0.15) is 0 Å². The molecule has 0 atom stereocenters. The van der Waals surface area contributed by atoms with Crippen LogP contribution in [0.5, 0.6) is 11.5 Å². The van der Waals surface area contributed by atoms with E-state index in [0.717, 1.165) is 24.6 Å². The second-order valence-corrected chi connectivity index (χ2v) is 5.72. The van der Waals surface area contributed by atoms with E-state index in [0.29, 0.717) is 5.75 Å². The van der Waals surface area contributed by atoms with Gasteiger partial charge >= 0.3 is 0 Å². The standard InChI is InChI=1S/C18H18N2O2/c1-18(2,13-3-7-15(8-4-13)21-12-19)14-5-9-16(10-6-14)22-17-11-20-17/h3-10,12,19H,11H2,1-2H3. The van der Waals surface area contributed by atoms with E-state index in [9.17, 15) is 0 Å². The second-order valence-electron chi connectivity index (χ2n) is 5.72. The lowest BCUT2D eigenvalue weighted by Crippen LogP contribution is -2.18. The molecule has 4 heteroatoms. The molecule has 112 valence electrons. The highest BCUT2D eigenvalue weighted by Crippen LogP contribution is 2.33. The van der Waals surface area contributed by atoms with Crippen molar-refractivity contribution in [3.05, 3.63) is 59.7 Å². The van der Waals surface area contributed by atoms with Gasteiger partial charge in [0.05, 0.1) is 0 Å². The topological polar surface area (TPSA) is 54.7 Å². The molecule has 2 aromatic rings. The van der Waals surface area contributed by atoms with Gasteiger partial charge in [-0.05, 0) is 35.4 Å². The first-order chi connectivity index (χ1) is 10.6. The molecular formula is C18H18N2O2. The van der Waals surface area contributed by atoms with Crippen molar-refractivity contribution in [1.82, 2.24) is 0 Å². The number of rotatable bonds is 5. The first kappa shape index (κ1) is 14.3. The Morgan fingerprint density at radius 3 is 1.91 bits per heavy atom. The summed E-state index contributed by atoms with van der Waals surface area (Å²) in [6.45, 7) is 5.08. The number of nitrogens with zero attached hydrogens (tertiary/aromatic N) is 1. The van der Waals surface area contributed by atoms with E-state index in [1.807, 2.05) is 36.4 Å². The molecule has 0 radical (unpaired) electrons. The zero-order valence-corrected chi connectivity index (χ0v) is 12.7. The van der Waals surface area contributed by atoms with Gasteiger partial charge in [0, 0.05) is 5.41 Å². The Bertz CT molecular complexity index is 701. The Morgan fingerprint density at radius 1 is 0.955 bits per heavy atom. The second kappa shape index (κ2) is 5.64. The number of ether oxygens (including phenoxy) is 2. The quantitative estimate of drug-likeness (QED) is 0.674. The molecule has 4 nitrogen and oxygen atoms in total. The zero-order chi connectivity index (χ0) is 15.6. The van der Waals surface area contributed by atoms with E-state index in [-0.39, 0.29) is 5.41 Å². The van der Waals surface area contributed by atoms with Crippen LogP contribution in [-0.4, -0.2) is 18.8 Å². The van der Waals surface area contributed by atoms with Crippen molar-refractivity contribution in [2.75, 3.05) is 6.54 Å². The van der Waals surface area contributed by atoms with Gasteiger partial charge in [-0.3, -0.25) is 5.41 Å². The first-order valence-electron chi connectivity index (χ1n) is 7.17. The summed E-state index contributed by atoms with van der Waals surface area (Å²) >= 11 is 0. The molecule has 22 heavy (non-hydrogen) atoms. The third-order valence-electron chi connectivity index (χ3n) is 3.87. The van der Waals surface area contributed by atoms with Gasteiger partial charge in [0.15, 0.2) is 6.40 Å². The molecule has 0 fully saturated rings. The van der Waals surface area contributed by atoms with Crippen LogP contribution >= 0.6 is 0 Å². The Morgan fingerprint density at radius 2 is 1.45 bits per heavy atom. The highest BCUT2D eigenvalue weighted by Gasteiger charge is 2.23. The van der Waals surface area contributed by atoms with Crippen LogP contribution in [0, 0.1) is 5.41 Å². The maximum Gasteiger partial charge on any atom is 0.212 e. The van der Waals surface area contributed by atoms with Gasteiger partial charge < -0.3 is 9.47 Å². The molecular weight excluding hydrogens is 276 g/mol.